The lowest BCUT2D eigenvalue weighted by Crippen LogP contribution is -2.42. The predicted molar refractivity (Wildman–Crippen MR) is 90.5 cm³/mol. The summed E-state index contributed by atoms with van der Waals surface area (Å²) in [6.45, 7) is 2.08. The molecule has 22 heavy (non-hydrogen) atoms. The van der Waals surface area contributed by atoms with Crippen LogP contribution in [0.3, 0.4) is 0 Å². The van der Waals surface area contributed by atoms with E-state index in [4.69, 9.17) is 11.6 Å². The lowest BCUT2D eigenvalue weighted by atomic mass is 9.94. The zero-order valence-electron chi connectivity index (χ0n) is 12.9. The molecule has 0 spiro atoms. The van der Waals surface area contributed by atoms with Gasteiger partial charge in [0.2, 0.25) is 0 Å². The molecule has 3 rings (SSSR count). The number of carbonyl (C=O) groups is 1. The number of nitrogens with zero attached hydrogens (tertiary/aromatic N) is 1. The number of hydrogen-bond donors (Lipinski definition) is 2. The number of rotatable bonds is 3. The third-order valence-corrected chi connectivity index (χ3v) is 4.96. The van der Waals surface area contributed by atoms with Crippen LogP contribution < -0.4 is 10.6 Å². The topological polar surface area (TPSA) is 44.4 Å². The van der Waals surface area contributed by atoms with Crippen LogP contribution in [0.25, 0.3) is 0 Å². The molecule has 1 aliphatic heterocycles. The van der Waals surface area contributed by atoms with Crippen molar-refractivity contribution in [2.75, 3.05) is 18.4 Å². The number of anilines is 1. The molecule has 2 fully saturated rings. The van der Waals surface area contributed by atoms with Crippen molar-refractivity contribution in [1.82, 2.24) is 10.2 Å². The minimum absolute atomic E-state index is 0.141. The first-order chi connectivity index (χ1) is 10.7. The van der Waals surface area contributed by atoms with Gasteiger partial charge in [-0.15, -0.1) is 0 Å². The molecule has 1 heterocycles. The Labute approximate surface area is 137 Å². The smallest absolute Gasteiger partial charge is 0.319 e. The van der Waals surface area contributed by atoms with Crippen LogP contribution in [0.2, 0.25) is 5.02 Å². The summed E-state index contributed by atoms with van der Waals surface area (Å²) in [4.78, 5) is 14.6. The molecule has 2 N–H and O–H groups in total. The molecule has 0 bridgehead atoms. The third kappa shape index (κ3) is 4.14. The molecule has 120 valence electrons. The Bertz CT molecular complexity index is 516. The maximum atomic E-state index is 12.1. The van der Waals surface area contributed by atoms with E-state index in [1.807, 2.05) is 12.1 Å². The molecule has 0 radical (unpaired) electrons. The largest absolute Gasteiger partial charge is 0.334 e. The number of nitrogens with one attached hydrogen (secondary N) is 2. The van der Waals surface area contributed by atoms with Crippen LogP contribution in [0.5, 0.6) is 0 Å². The normalized spacial score (nSPS) is 23.4. The molecule has 4 nitrogen and oxygen atoms in total. The molecule has 5 heteroatoms. The molecule has 1 saturated carbocycles. The van der Waals surface area contributed by atoms with Crippen LogP contribution in [-0.4, -0.2) is 36.1 Å². The van der Waals surface area contributed by atoms with Gasteiger partial charge in [-0.25, -0.2) is 4.79 Å². The van der Waals surface area contributed by atoms with Gasteiger partial charge in [0.25, 0.3) is 0 Å². The molecular formula is C17H24ClN3O. The van der Waals surface area contributed by atoms with E-state index in [-0.39, 0.29) is 12.1 Å². The van der Waals surface area contributed by atoms with Crippen molar-refractivity contribution in [1.29, 1.82) is 0 Å². The fraction of sp³-hybridized carbons (Fsp3) is 0.588. The minimum Gasteiger partial charge on any atom is -0.334 e. The summed E-state index contributed by atoms with van der Waals surface area (Å²) < 4.78 is 0. The lowest BCUT2D eigenvalue weighted by Gasteiger charge is -2.31. The van der Waals surface area contributed by atoms with Gasteiger partial charge >= 0.3 is 6.03 Å². The van der Waals surface area contributed by atoms with Gasteiger partial charge in [-0.1, -0.05) is 36.9 Å². The summed E-state index contributed by atoms with van der Waals surface area (Å²) >= 11 is 5.93. The highest BCUT2D eigenvalue weighted by molar-refractivity contribution is 6.30. The van der Waals surface area contributed by atoms with Gasteiger partial charge in [0.15, 0.2) is 0 Å². The highest BCUT2D eigenvalue weighted by Crippen LogP contribution is 2.25. The van der Waals surface area contributed by atoms with Crippen LogP contribution in [-0.2, 0) is 0 Å². The van der Waals surface area contributed by atoms with Gasteiger partial charge in [0.05, 0.1) is 0 Å². The van der Waals surface area contributed by atoms with Crippen LogP contribution in [0, 0.1) is 0 Å². The van der Waals surface area contributed by atoms with Gasteiger partial charge in [-0.3, -0.25) is 4.90 Å². The Morgan fingerprint density at radius 2 is 2.00 bits per heavy atom. The van der Waals surface area contributed by atoms with E-state index in [0.29, 0.717) is 5.02 Å². The van der Waals surface area contributed by atoms with Crippen LogP contribution in [0.15, 0.2) is 24.3 Å². The van der Waals surface area contributed by atoms with E-state index in [0.717, 1.165) is 31.2 Å². The Hall–Kier alpha value is -1.26. The molecule has 1 aliphatic carbocycles. The molecule has 1 aromatic rings. The fourth-order valence-electron chi connectivity index (χ4n) is 3.60. The fourth-order valence-corrected chi connectivity index (χ4v) is 3.79. The van der Waals surface area contributed by atoms with E-state index in [1.54, 1.807) is 12.1 Å². The number of hydrogen-bond acceptors (Lipinski definition) is 2. The Kier molecular flexibility index (Phi) is 5.21. The number of amides is 2. The van der Waals surface area contributed by atoms with E-state index in [2.05, 4.69) is 15.5 Å². The number of carbonyl (C=O) groups excluding carboxylic acids is 1. The lowest BCUT2D eigenvalue weighted by molar-refractivity contribution is 0.187. The van der Waals surface area contributed by atoms with Crippen molar-refractivity contribution in [2.45, 2.75) is 50.6 Å². The minimum atomic E-state index is -0.141. The first kappa shape index (κ1) is 15.6. The van der Waals surface area contributed by atoms with Crippen LogP contribution >= 0.6 is 11.6 Å². The zero-order valence-corrected chi connectivity index (χ0v) is 13.6. The Balaban J connectivity index is 1.46. The van der Waals surface area contributed by atoms with E-state index in [9.17, 15) is 4.79 Å². The number of urea groups is 1. The number of benzene rings is 1. The second kappa shape index (κ2) is 7.34. The maximum absolute atomic E-state index is 12.1. The summed E-state index contributed by atoms with van der Waals surface area (Å²) in [7, 11) is 0. The highest BCUT2D eigenvalue weighted by Gasteiger charge is 2.29. The van der Waals surface area contributed by atoms with Gasteiger partial charge in [0.1, 0.15) is 0 Å². The maximum Gasteiger partial charge on any atom is 0.319 e. The standard InChI is InChI=1S/C17H24ClN3O/c18-13-5-4-6-14(11-13)19-17(22)20-15-9-10-21(12-15)16-7-2-1-3-8-16/h4-6,11,15-16H,1-3,7-10,12H2,(H2,19,20,22)/t15-/m1/s1. The first-order valence-corrected chi connectivity index (χ1v) is 8.65. The van der Waals surface area contributed by atoms with Gasteiger partial charge in [0, 0.05) is 35.9 Å². The third-order valence-electron chi connectivity index (χ3n) is 4.73. The van der Waals surface area contributed by atoms with Crippen molar-refractivity contribution >= 4 is 23.3 Å². The molecule has 1 aromatic carbocycles. The van der Waals surface area contributed by atoms with Crippen LogP contribution in [0.4, 0.5) is 10.5 Å². The summed E-state index contributed by atoms with van der Waals surface area (Å²) in [6.07, 6.45) is 7.78. The molecule has 0 aromatic heterocycles. The Morgan fingerprint density at radius 3 is 2.77 bits per heavy atom. The second-order valence-electron chi connectivity index (χ2n) is 6.38. The molecule has 2 amide bonds. The van der Waals surface area contributed by atoms with Crippen LogP contribution in [0.1, 0.15) is 38.5 Å². The van der Waals surface area contributed by atoms with Crippen molar-refractivity contribution < 1.29 is 4.79 Å². The number of halogens is 1. The molecule has 2 aliphatic rings. The van der Waals surface area contributed by atoms with Crippen molar-refractivity contribution in [2.24, 2.45) is 0 Å². The Morgan fingerprint density at radius 1 is 1.18 bits per heavy atom. The quantitative estimate of drug-likeness (QED) is 0.887. The monoisotopic (exact) mass is 321 g/mol. The molecule has 0 unspecified atom stereocenters. The molecule has 1 saturated heterocycles. The summed E-state index contributed by atoms with van der Waals surface area (Å²) in [5, 5.41) is 6.56. The zero-order chi connectivity index (χ0) is 15.4. The van der Waals surface area contributed by atoms with Gasteiger partial charge in [-0.2, -0.15) is 0 Å². The summed E-state index contributed by atoms with van der Waals surface area (Å²) in [6, 6.07) is 8.07. The van der Waals surface area contributed by atoms with Gasteiger partial charge < -0.3 is 10.6 Å². The molecular weight excluding hydrogens is 298 g/mol. The highest BCUT2D eigenvalue weighted by atomic mass is 35.5. The second-order valence-corrected chi connectivity index (χ2v) is 6.82. The molecule has 1 atom stereocenters. The van der Waals surface area contributed by atoms with E-state index in [1.165, 1.54) is 32.1 Å². The van der Waals surface area contributed by atoms with E-state index >= 15 is 0 Å². The van der Waals surface area contributed by atoms with Crippen molar-refractivity contribution in [3.05, 3.63) is 29.3 Å². The van der Waals surface area contributed by atoms with Crippen molar-refractivity contribution in [3.8, 4) is 0 Å². The average molecular weight is 322 g/mol. The average Bonchev–Trinajstić information content (AvgIpc) is 2.96. The SMILES string of the molecule is O=C(Nc1cccc(Cl)c1)N[C@@H]1CCN(C2CCCCC2)C1. The van der Waals surface area contributed by atoms with Crippen molar-refractivity contribution in [3.63, 3.8) is 0 Å². The summed E-state index contributed by atoms with van der Waals surface area (Å²) in [5.74, 6) is 0. The summed E-state index contributed by atoms with van der Waals surface area (Å²) in [5.41, 5.74) is 0.729. The van der Waals surface area contributed by atoms with Gasteiger partial charge in [-0.05, 0) is 37.5 Å². The predicted octanol–water partition coefficient (Wildman–Crippen LogP) is 3.87. The van der Waals surface area contributed by atoms with E-state index < -0.39 is 0 Å². The first-order valence-electron chi connectivity index (χ1n) is 8.28. The number of likely N-dealkylation sites (tertiary alicyclic amines) is 1.